The van der Waals surface area contributed by atoms with Crippen molar-refractivity contribution in [1.82, 2.24) is 9.19 Å². The zero-order valence-corrected chi connectivity index (χ0v) is 16.1. The van der Waals surface area contributed by atoms with Gasteiger partial charge in [0.1, 0.15) is 5.82 Å². The Balaban J connectivity index is 1.91. The number of carbonyl (C=O) groups is 1. The average molecular weight is 457 g/mol. The molecule has 3 aromatic rings. The summed E-state index contributed by atoms with van der Waals surface area (Å²) in [5, 5.41) is 4.18. The summed E-state index contributed by atoms with van der Waals surface area (Å²) in [6, 6.07) is 13.3. The summed E-state index contributed by atoms with van der Waals surface area (Å²) in [7, 11) is -4.05. The number of carbonyl (C=O) groups excluding carboxylic acids is 1. The van der Waals surface area contributed by atoms with E-state index in [2.05, 4.69) is 21.0 Å². The van der Waals surface area contributed by atoms with Crippen molar-refractivity contribution < 1.29 is 17.9 Å². The van der Waals surface area contributed by atoms with Crippen LogP contribution in [0.3, 0.4) is 0 Å². The Kier molecular flexibility index (Phi) is 5.03. The molecule has 0 bridgehead atoms. The molecule has 0 aliphatic heterocycles. The normalized spacial score (nSPS) is 11.3. The first-order valence-corrected chi connectivity index (χ1v) is 9.73. The van der Waals surface area contributed by atoms with Crippen molar-refractivity contribution in [3.05, 3.63) is 69.7 Å². The standard InChI is InChI=1S/C16H11BrClN3O4S/c17-13-4-2-1-3-12(13)16(22)25-15-9-14(19)21(20-15)26(23,24)11-7-5-10(18)6-8-11/h1-9H,19H2. The molecule has 134 valence electrons. The van der Waals surface area contributed by atoms with Crippen molar-refractivity contribution in [2.45, 2.75) is 4.90 Å². The lowest BCUT2D eigenvalue weighted by molar-refractivity contribution is 0.0726. The molecule has 0 amide bonds. The van der Waals surface area contributed by atoms with Gasteiger partial charge in [0.15, 0.2) is 0 Å². The number of aromatic nitrogens is 2. The van der Waals surface area contributed by atoms with E-state index < -0.39 is 16.0 Å². The van der Waals surface area contributed by atoms with Gasteiger partial charge in [-0.2, -0.15) is 8.42 Å². The van der Waals surface area contributed by atoms with Gasteiger partial charge in [-0.3, -0.25) is 0 Å². The number of anilines is 1. The largest absolute Gasteiger partial charge is 0.402 e. The summed E-state index contributed by atoms with van der Waals surface area (Å²) >= 11 is 9.01. The summed E-state index contributed by atoms with van der Waals surface area (Å²) in [5.74, 6) is -1.14. The van der Waals surface area contributed by atoms with Crippen molar-refractivity contribution in [2.75, 3.05) is 5.73 Å². The molecule has 1 aromatic heterocycles. The molecule has 1 heterocycles. The molecule has 0 saturated carbocycles. The van der Waals surface area contributed by atoms with Crippen LogP contribution in [0.25, 0.3) is 0 Å². The van der Waals surface area contributed by atoms with E-state index in [1.54, 1.807) is 24.3 Å². The Morgan fingerprint density at radius 2 is 1.81 bits per heavy atom. The van der Waals surface area contributed by atoms with Crippen molar-refractivity contribution in [3.63, 3.8) is 0 Å². The van der Waals surface area contributed by atoms with Crippen molar-refractivity contribution in [2.24, 2.45) is 0 Å². The number of hydrogen-bond acceptors (Lipinski definition) is 6. The second-order valence-corrected chi connectivity index (χ2v) is 8.14. The number of nitrogens with zero attached hydrogens (tertiary/aromatic N) is 2. The topological polar surface area (TPSA) is 104 Å². The molecule has 2 N–H and O–H groups in total. The molecule has 0 atom stereocenters. The predicted octanol–water partition coefficient (Wildman–Crippen LogP) is 3.34. The van der Waals surface area contributed by atoms with Gasteiger partial charge in [-0.15, -0.1) is 9.19 Å². The first-order valence-electron chi connectivity index (χ1n) is 7.12. The molecule has 26 heavy (non-hydrogen) atoms. The van der Waals surface area contributed by atoms with E-state index in [0.717, 1.165) is 6.07 Å². The van der Waals surface area contributed by atoms with Gasteiger partial charge in [-0.25, -0.2) is 4.79 Å². The van der Waals surface area contributed by atoms with E-state index in [0.29, 0.717) is 13.6 Å². The van der Waals surface area contributed by atoms with E-state index in [1.807, 2.05) is 0 Å². The zero-order valence-electron chi connectivity index (χ0n) is 13.0. The molecule has 2 aromatic carbocycles. The zero-order chi connectivity index (χ0) is 18.9. The van der Waals surface area contributed by atoms with Crippen LogP contribution in [0.1, 0.15) is 10.4 Å². The minimum absolute atomic E-state index is 0.0552. The molecule has 10 heteroatoms. The van der Waals surface area contributed by atoms with E-state index >= 15 is 0 Å². The highest BCUT2D eigenvalue weighted by Gasteiger charge is 2.23. The number of rotatable bonds is 4. The third-order valence-electron chi connectivity index (χ3n) is 3.31. The summed E-state index contributed by atoms with van der Waals surface area (Å²) in [6.07, 6.45) is 0. The lowest BCUT2D eigenvalue weighted by atomic mass is 10.2. The van der Waals surface area contributed by atoms with Crippen LogP contribution in [0.5, 0.6) is 5.88 Å². The smallest absolute Gasteiger partial charge is 0.346 e. The van der Waals surface area contributed by atoms with Crippen molar-refractivity contribution >= 4 is 49.3 Å². The van der Waals surface area contributed by atoms with Crippen LogP contribution < -0.4 is 10.5 Å². The summed E-state index contributed by atoms with van der Waals surface area (Å²) in [6.45, 7) is 0. The van der Waals surface area contributed by atoms with Gasteiger partial charge in [0.05, 0.1) is 10.5 Å². The summed E-state index contributed by atoms with van der Waals surface area (Å²) in [4.78, 5) is 12.2. The van der Waals surface area contributed by atoms with Crippen LogP contribution in [0.2, 0.25) is 5.02 Å². The van der Waals surface area contributed by atoms with Gasteiger partial charge in [0.25, 0.3) is 10.0 Å². The summed E-state index contributed by atoms with van der Waals surface area (Å²) in [5.41, 5.74) is 6.00. The molecule has 0 aliphatic carbocycles. The molecule has 3 rings (SSSR count). The summed E-state index contributed by atoms with van der Waals surface area (Å²) < 4.78 is 31.5. The van der Waals surface area contributed by atoms with Crippen LogP contribution in [0, 0.1) is 0 Å². The molecular formula is C16H11BrClN3O4S. The van der Waals surface area contributed by atoms with Gasteiger partial charge < -0.3 is 10.5 Å². The highest BCUT2D eigenvalue weighted by molar-refractivity contribution is 9.10. The molecule has 0 radical (unpaired) electrons. The third kappa shape index (κ3) is 3.59. The minimum Gasteiger partial charge on any atom is -0.402 e. The van der Waals surface area contributed by atoms with Gasteiger partial charge in [-0.05, 0) is 52.3 Å². The Bertz CT molecular complexity index is 1080. The fourth-order valence-electron chi connectivity index (χ4n) is 2.08. The molecule has 0 aliphatic rings. The number of nitrogens with two attached hydrogens (primary N) is 1. The van der Waals surface area contributed by atoms with Crippen molar-refractivity contribution in [3.8, 4) is 5.88 Å². The Morgan fingerprint density at radius 3 is 2.46 bits per heavy atom. The SMILES string of the molecule is Nc1cc(OC(=O)c2ccccc2Br)nn1S(=O)(=O)c1ccc(Cl)cc1. The highest BCUT2D eigenvalue weighted by atomic mass is 79.9. The maximum atomic E-state index is 12.6. The lowest BCUT2D eigenvalue weighted by Gasteiger charge is -2.06. The number of halogens is 2. The number of ether oxygens (including phenoxy) is 1. The van der Waals surface area contributed by atoms with Crippen LogP contribution >= 0.6 is 27.5 Å². The Labute approximate surface area is 162 Å². The lowest BCUT2D eigenvalue weighted by Crippen LogP contribution is -2.17. The molecule has 7 nitrogen and oxygen atoms in total. The van der Waals surface area contributed by atoms with Crippen molar-refractivity contribution in [1.29, 1.82) is 0 Å². The maximum Gasteiger partial charge on any atom is 0.346 e. The second-order valence-electron chi connectivity index (χ2n) is 5.08. The average Bonchev–Trinajstić information content (AvgIpc) is 2.96. The predicted molar refractivity (Wildman–Crippen MR) is 99.8 cm³/mol. The Hall–Kier alpha value is -2.36. The number of benzene rings is 2. The van der Waals surface area contributed by atoms with Gasteiger partial charge in [0.2, 0.25) is 5.88 Å². The van der Waals surface area contributed by atoms with Gasteiger partial charge >= 0.3 is 5.97 Å². The molecule has 0 fully saturated rings. The van der Waals surface area contributed by atoms with E-state index in [1.165, 1.54) is 24.3 Å². The molecule has 0 unspecified atom stereocenters. The van der Waals surface area contributed by atoms with E-state index in [4.69, 9.17) is 22.1 Å². The number of hydrogen-bond donors (Lipinski definition) is 1. The minimum atomic E-state index is -4.05. The van der Waals surface area contributed by atoms with Crippen LogP contribution in [0.4, 0.5) is 5.82 Å². The van der Waals surface area contributed by atoms with Crippen LogP contribution in [-0.2, 0) is 10.0 Å². The van der Waals surface area contributed by atoms with Crippen LogP contribution in [-0.4, -0.2) is 23.6 Å². The fraction of sp³-hybridized carbons (Fsp3) is 0. The first-order chi connectivity index (χ1) is 12.3. The quantitative estimate of drug-likeness (QED) is 0.604. The first kappa shape index (κ1) is 18.4. The highest BCUT2D eigenvalue weighted by Crippen LogP contribution is 2.24. The third-order valence-corrected chi connectivity index (χ3v) is 5.87. The number of nitrogen functional groups attached to an aromatic ring is 1. The monoisotopic (exact) mass is 455 g/mol. The molecule has 0 saturated heterocycles. The van der Waals surface area contributed by atoms with E-state index in [9.17, 15) is 13.2 Å². The molecular weight excluding hydrogens is 446 g/mol. The van der Waals surface area contributed by atoms with Gasteiger partial charge in [-0.1, -0.05) is 23.7 Å². The number of esters is 1. The fourth-order valence-corrected chi connectivity index (χ4v) is 3.85. The second kappa shape index (κ2) is 7.10. The molecule has 0 spiro atoms. The van der Waals surface area contributed by atoms with Gasteiger partial charge in [0, 0.05) is 15.6 Å². The van der Waals surface area contributed by atoms with E-state index in [-0.39, 0.29) is 22.2 Å². The maximum absolute atomic E-state index is 12.6. The Morgan fingerprint density at radius 1 is 1.15 bits per heavy atom. The van der Waals surface area contributed by atoms with Crippen LogP contribution in [0.15, 0.2) is 64.0 Å².